The number of methoxy groups -OCH3 is 1. The van der Waals surface area contributed by atoms with E-state index in [9.17, 15) is 0 Å². The maximum absolute atomic E-state index is 5.48. The van der Waals surface area contributed by atoms with Crippen molar-refractivity contribution in [2.75, 3.05) is 13.7 Å². The van der Waals surface area contributed by atoms with Crippen molar-refractivity contribution >= 4 is 0 Å². The Balaban J connectivity index is 2.52. The second-order valence-corrected chi connectivity index (χ2v) is 6.70. The van der Waals surface area contributed by atoms with Crippen LogP contribution in [0.3, 0.4) is 0 Å². The predicted octanol–water partition coefficient (Wildman–Crippen LogP) is 3.76. The zero-order chi connectivity index (χ0) is 14.5. The van der Waals surface area contributed by atoms with Crippen LogP contribution in [0.5, 0.6) is 0 Å². The summed E-state index contributed by atoms with van der Waals surface area (Å²) in [5.41, 5.74) is 1.46. The Morgan fingerprint density at radius 1 is 1.11 bits per heavy atom. The van der Waals surface area contributed by atoms with Crippen LogP contribution < -0.4 is 5.32 Å². The molecule has 0 spiro atoms. The highest BCUT2D eigenvalue weighted by Crippen LogP contribution is 2.22. The standard InChI is InChI=1S/C17H29NO/c1-14(12-17(4,5)19-6)18-13-16(2,3)15-10-8-7-9-11-15/h7-11,14,18H,12-13H2,1-6H3. The van der Waals surface area contributed by atoms with Crippen LogP contribution in [0.25, 0.3) is 0 Å². The van der Waals surface area contributed by atoms with Gasteiger partial charge in [0.15, 0.2) is 0 Å². The average molecular weight is 263 g/mol. The van der Waals surface area contributed by atoms with E-state index >= 15 is 0 Å². The fourth-order valence-corrected chi connectivity index (χ4v) is 2.31. The smallest absolute Gasteiger partial charge is 0.0637 e. The molecule has 1 rings (SSSR count). The SMILES string of the molecule is COC(C)(C)CC(C)NCC(C)(C)c1ccccc1. The Labute approximate surface area is 118 Å². The van der Waals surface area contributed by atoms with Crippen molar-refractivity contribution in [3.8, 4) is 0 Å². The lowest BCUT2D eigenvalue weighted by molar-refractivity contribution is 0.00825. The first-order valence-corrected chi connectivity index (χ1v) is 7.11. The number of hydrogen-bond acceptors (Lipinski definition) is 2. The fraction of sp³-hybridized carbons (Fsp3) is 0.647. The van der Waals surface area contributed by atoms with Crippen LogP contribution in [0.1, 0.15) is 46.6 Å². The van der Waals surface area contributed by atoms with E-state index < -0.39 is 0 Å². The van der Waals surface area contributed by atoms with Gasteiger partial charge >= 0.3 is 0 Å². The van der Waals surface area contributed by atoms with Gasteiger partial charge in [0.05, 0.1) is 5.60 Å². The molecule has 1 unspecified atom stereocenters. The maximum Gasteiger partial charge on any atom is 0.0637 e. The van der Waals surface area contributed by atoms with Gasteiger partial charge in [-0.05, 0) is 32.8 Å². The van der Waals surface area contributed by atoms with Gasteiger partial charge in [-0.1, -0.05) is 44.2 Å². The third-order valence-electron chi connectivity index (χ3n) is 3.80. The topological polar surface area (TPSA) is 21.3 Å². The van der Waals surface area contributed by atoms with Crippen LogP contribution >= 0.6 is 0 Å². The molecule has 1 aromatic rings. The van der Waals surface area contributed by atoms with Gasteiger partial charge in [-0.2, -0.15) is 0 Å². The molecule has 1 aromatic carbocycles. The van der Waals surface area contributed by atoms with Gasteiger partial charge in [0.1, 0.15) is 0 Å². The van der Waals surface area contributed by atoms with E-state index in [1.165, 1.54) is 5.56 Å². The zero-order valence-corrected chi connectivity index (χ0v) is 13.3. The van der Waals surface area contributed by atoms with E-state index in [-0.39, 0.29) is 11.0 Å². The summed E-state index contributed by atoms with van der Waals surface area (Å²) < 4.78 is 5.48. The Bertz CT molecular complexity index is 370. The van der Waals surface area contributed by atoms with Gasteiger partial charge in [0.25, 0.3) is 0 Å². The number of nitrogens with one attached hydrogen (secondary N) is 1. The summed E-state index contributed by atoms with van der Waals surface area (Å²) >= 11 is 0. The summed E-state index contributed by atoms with van der Waals surface area (Å²) in [7, 11) is 1.78. The van der Waals surface area contributed by atoms with Crippen molar-refractivity contribution in [1.82, 2.24) is 5.32 Å². The quantitative estimate of drug-likeness (QED) is 0.809. The lowest BCUT2D eigenvalue weighted by Crippen LogP contribution is -2.41. The molecule has 0 bridgehead atoms. The van der Waals surface area contributed by atoms with E-state index in [1.54, 1.807) is 7.11 Å². The summed E-state index contributed by atoms with van der Waals surface area (Å²) in [6.07, 6.45) is 1.01. The third-order valence-corrected chi connectivity index (χ3v) is 3.80. The molecule has 0 heterocycles. The largest absolute Gasteiger partial charge is 0.379 e. The van der Waals surface area contributed by atoms with Crippen molar-refractivity contribution in [3.05, 3.63) is 35.9 Å². The average Bonchev–Trinajstić information content (AvgIpc) is 2.37. The first-order chi connectivity index (χ1) is 8.77. The van der Waals surface area contributed by atoms with Crippen LogP contribution in [0.4, 0.5) is 0 Å². The van der Waals surface area contributed by atoms with Crippen LogP contribution in [0.15, 0.2) is 30.3 Å². The van der Waals surface area contributed by atoms with Gasteiger partial charge in [0, 0.05) is 25.1 Å². The lowest BCUT2D eigenvalue weighted by Gasteiger charge is -2.31. The number of ether oxygens (including phenoxy) is 1. The molecule has 0 aliphatic heterocycles. The maximum atomic E-state index is 5.48. The summed E-state index contributed by atoms with van der Waals surface area (Å²) in [4.78, 5) is 0. The summed E-state index contributed by atoms with van der Waals surface area (Å²) in [5, 5.41) is 3.63. The van der Waals surface area contributed by atoms with Gasteiger partial charge in [-0.3, -0.25) is 0 Å². The monoisotopic (exact) mass is 263 g/mol. The highest BCUT2D eigenvalue weighted by Gasteiger charge is 2.24. The summed E-state index contributed by atoms with van der Waals surface area (Å²) in [6, 6.07) is 11.1. The van der Waals surface area contributed by atoms with Crippen LogP contribution in [-0.4, -0.2) is 25.3 Å². The Morgan fingerprint density at radius 2 is 1.68 bits per heavy atom. The molecule has 1 atom stereocenters. The van der Waals surface area contributed by atoms with E-state index in [0.29, 0.717) is 6.04 Å². The molecule has 0 saturated carbocycles. The van der Waals surface area contributed by atoms with E-state index in [2.05, 4.69) is 70.3 Å². The number of rotatable bonds is 7. The van der Waals surface area contributed by atoms with Crippen molar-refractivity contribution in [2.45, 2.75) is 58.1 Å². The number of benzene rings is 1. The molecule has 0 saturated heterocycles. The minimum atomic E-state index is -0.0662. The molecule has 0 fully saturated rings. The van der Waals surface area contributed by atoms with Crippen LogP contribution in [0, 0.1) is 0 Å². The lowest BCUT2D eigenvalue weighted by atomic mass is 9.84. The summed E-state index contributed by atoms with van der Waals surface area (Å²) in [6.45, 7) is 12.0. The van der Waals surface area contributed by atoms with Crippen molar-refractivity contribution in [1.29, 1.82) is 0 Å². The highest BCUT2D eigenvalue weighted by atomic mass is 16.5. The van der Waals surface area contributed by atoms with Gasteiger partial charge in [-0.25, -0.2) is 0 Å². The molecule has 0 aliphatic rings. The second-order valence-electron chi connectivity index (χ2n) is 6.70. The Kier molecular flexibility index (Phi) is 5.57. The molecule has 0 amide bonds. The fourth-order valence-electron chi connectivity index (χ4n) is 2.31. The van der Waals surface area contributed by atoms with Crippen molar-refractivity contribution < 1.29 is 4.74 Å². The molecule has 2 nitrogen and oxygen atoms in total. The molecule has 0 aliphatic carbocycles. The van der Waals surface area contributed by atoms with Gasteiger partial charge in [-0.15, -0.1) is 0 Å². The van der Waals surface area contributed by atoms with E-state index in [1.807, 2.05) is 0 Å². The normalized spacial score (nSPS) is 14.4. The molecule has 0 radical (unpaired) electrons. The van der Waals surface area contributed by atoms with E-state index in [0.717, 1.165) is 13.0 Å². The molecule has 108 valence electrons. The molecule has 19 heavy (non-hydrogen) atoms. The van der Waals surface area contributed by atoms with Crippen molar-refractivity contribution in [2.24, 2.45) is 0 Å². The first kappa shape index (κ1) is 16.2. The van der Waals surface area contributed by atoms with Crippen LogP contribution in [0.2, 0.25) is 0 Å². The molecular formula is C17H29NO. The van der Waals surface area contributed by atoms with Crippen molar-refractivity contribution in [3.63, 3.8) is 0 Å². The Hall–Kier alpha value is -0.860. The second kappa shape index (κ2) is 6.53. The minimum absolute atomic E-state index is 0.0662. The molecule has 2 heteroatoms. The third kappa shape index (κ3) is 5.33. The number of hydrogen-bond donors (Lipinski definition) is 1. The minimum Gasteiger partial charge on any atom is -0.379 e. The van der Waals surface area contributed by atoms with Gasteiger partial charge < -0.3 is 10.1 Å². The first-order valence-electron chi connectivity index (χ1n) is 7.11. The summed E-state index contributed by atoms with van der Waals surface area (Å²) in [5.74, 6) is 0. The zero-order valence-electron chi connectivity index (χ0n) is 13.3. The van der Waals surface area contributed by atoms with E-state index in [4.69, 9.17) is 4.74 Å². The van der Waals surface area contributed by atoms with Crippen LogP contribution in [-0.2, 0) is 10.2 Å². The highest BCUT2D eigenvalue weighted by molar-refractivity contribution is 5.23. The molecule has 1 N–H and O–H groups in total. The van der Waals surface area contributed by atoms with Gasteiger partial charge in [0.2, 0.25) is 0 Å². The predicted molar refractivity (Wildman–Crippen MR) is 82.6 cm³/mol. The molecular weight excluding hydrogens is 234 g/mol. The molecule has 0 aromatic heterocycles. The Morgan fingerprint density at radius 3 is 2.21 bits per heavy atom.